The lowest BCUT2D eigenvalue weighted by Gasteiger charge is -2.20. The van der Waals surface area contributed by atoms with Gasteiger partial charge in [0.2, 0.25) is 0 Å². The normalized spacial score (nSPS) is 13.5. The fourth-order valence-electron chi connectivity index (χ4n) is 2.76. The first-order valence-corrected chi connectivity index (χ1v) is 6.79. The highest BCUT2D eigenvalue weighted by atomic mass is 35.5. The third kappa shape index (κ3) is 2.04. The zero-order valence-corrected chi connectivity index (χ0v) is 12.3. The largest absolute Gasteiger partial charge is 0.348 e. The van der Waals surface area contributed by atoms with Crippen molar-refractivity contribution in [2.45, 2.75) is 26.7 Å². The molecule has 1 atom stereocenters. The summed E-state index contributed by atoms with van der Waals surface area (Å²) in [7, 11) is 2.09. The van der Waals surface area contributed by atoms with Crippen molar-refractivity contribution < 1.29 is 0 Å². The van der Waals surface area contributed by atoms with Crippen LogP contribution in [0.2, 0.25) is 5.02 Å². The molecule has 0 aliphatic carbocycles. The Morgan fingerprint density at radius 1 is 1.33 bits per heavy atom. The second-order valence-corrected chi connectivity index (χ2v) is 5.74. The lowest BCUT2D eigenvalue weighted by molar-refractivity contribution is 0.506. The molecule has 0 aliphatic rings. The van der Waals surface area contributed by atoms with E-state index in [1.165, 1.54) is 22.2 Å². The van der Waals surface area contributed by atoms with Crippen LogP contribution in [0.4, 0.5) is 0 Å². The van der Waals surface area contributed by atoms with Gasteiger partial charge in [0.1, 0.15) is 0 Å². The number of fused-ring (bicyclic) bond motifs is 1. The number of halogens is 1. The smallest absolute Gasteiger partial charge is 0.0497 e. The Kier molecular flexibility index (Phi) is 3.69. The lowest BCUT2D eigenvalue weighted by Crippen LogP contribution is -2.18. The summed E-state index contributed by atoms with van der Waals surface area (Å²) >= 11 is 6.09. The summed E-state index contributed by atoms with van der Waals surface area (Å²) in [4.78, 5) is 0. The van der Waals surface area contributed by atoms with Crippen molar-refractivity contribution in [1.82, 2.24) is 4.57 Å². The van der Waals surface area contributed by atoms with Crippen molar-refractivity contribution in [3.63, 3.8) is 0 Å². The van der Waals surface area contributed by atoms with Crippen LogP contribution in [0.5, 0.6) is 0 Å². The maximum atomic E-state index is 6.09. The number of hydrogen-bond donors (Lipinski definition) is 1. The number of aryl methyl sites for hydroxylation is 1. The Morgan fingerprint density at radius 2 is 2.00 bits per heavy atom. The zero-order valence-electron chi connectivity index (χ0n) is 11.5. The Labute approximate surface area is 114 Å². The zero-order chi connectivity index (χ0) is 13.4. The number of hydrogen-bond acceptors (Lipinski definition) is 1. The van der Waals surface area contributed by atoms with Gasteiger partial charge in [-0.3, -0.25) is 0 Å². The van der Waals surface area contributed by atoms with Gasteiger partial charge in [0.05, 0.1) is 0 Å². The summed E-state index contributed by atoms with van der Waals surface area (Å²) < 4.78 is 2.21. The van der Waals surface area contributed by atoms with E-state index in [2.05, 4.69) is 38.5 Å². The van der Waals surface area contributed by atoms with Crippen molar-refractivity contribution in [3.8, 4) is 0 Å². The summed E-state index contributed by atoms with van der Waals surface area (Å²) in [5.41, 5.74) is 9.82. The molecule has 2 N–H and O–H groups in total. The summed E-state index contributed by atoms with van der Waals surface area (Å²) in [6.07, 6.45) is 0. The number of nitrogens with zero attached hydrogens (tertiary/aromatic N) is 1. The molecule has 0 radical (unpaired) electrons. The molecule has 1 aromatic carbocycles. The topological polar surface area (TPSA) is 30.9 Å². The Hall–Kier alpha value is -0.990. The average Bonchev–Trinajstić information content (AvgIpc) is 2.55. The second-order valence-electron chi connectivity index (χ2n) is 5.31. The molecule has 0 bridgehead atoms. The number of aromatic nitrogens is 1. The lowest BCUT2D eigenvalue weighted by atomic mass is 9.87. The van der Waals surface area contributed by atoms with E-state index in [-0.39, 0.29) is 0 Å². The van der Waals surface area contributed by atoms with Gasteiger partial charge >= 0.3 is 0 Å². The predicted molar refractivity (Wildman–Crippen MR) is 79.3 cm³/mol. The van der Waals surface area contributed by atoms with E-state index in [0.29, 0.717) is 18.4 Å². The molecule has 0 spiro atoms. The van der Waals surface area contributed by atoms with Crippen molar-refractivity contribution >= 4 is 22.5 Å². The first kappa shape index (κ1) is 13.4. The molecule has 98 valence electrons. The molecule has 0 fully saturated rings. The van der Waals surface area contributed by atoms with Crippen molar-refractivity contribution in [1.29, 1.82) is 0 Å². The van der Waals surface area contributed by atoms with E-state index in [9.17, 15) is 0 Å². The molecular formula is C15H21ClN2. The van der Waals surface area contributed by atoms with Crippen LogP contribution in [0.25, 0.3) is 10.9 Å². The summed E-state index contributed by atoms with van der Waals surface area (Å²) in [6, 6.07) is 6.10. The summed E-state index contributed by atoms with van der Waals surface area (Å²) in [6.45, 7) is 7.30. The van der Waals surface area contributed by atoms with Crippen LogP contribution in [0, 0.1) is 12.8 Å². The number of nitrogens with two attached hydrogens (primary N) is 1. The number of rotatable bonds is 3. The first-order valence-electron chi connectivity index (χ1n) is 6.41. The quantitative estimate of drug-likeness (QED) is 0.897. The Bertz CT molecular complexity index is 569. The minimum Gasteiger partial charge on any atom is -0.348 e. The predicted octanol–water partition coefficient (Wildman–Crippen LogP) is 3.84. The van der Waals surface area contributed by atoms with E-state index in [4.69, 9.17) is 17.3 Å². The average molecular weight is 265 g/mol. The molecular weight excluding hydrogens is 244 g/mol. The van der Waals surface area contributed by atoms with Gasteiger partial charge in [0.15, 0.2) is 0 Å². The molecule has 0 amide bonds. The first-order chi connectivity index (χ1) is 8.47. The molecule has 0 saturated carbocycles. The summed E-state index contributed by atoms with van der Waals surface area (Å²) in [5, 5.41) is 2.06. The highest BCUT2D eigenvalue weighted by Gasteiger charge is 2.22. The van der Waals surface area contributed by atoms with Crippen LogP contribution < -0.4 is 5.73 Å². The molecule has 1 aromatic heterocycles. The van der Waals surface area contributed by atoms with Crippen LogP contribution in [0.3, 0.4) is 0 Å². The molecule has 1 unspecified atom stereocenters. The molecule has 0 aliphatic heterocycles. The van der Waals surface area contributed by atoms with E-state index in [1.54, 1.807) is 0 Å². The highest BCUT2D eigenvalue weighted by molar-refractivity contribution is 6.31. The minimum atomic E-state index is 0.398. The maximum Gasteiger partial charge on any atom is 0.0497 e. The third-order valence-corrected chi connectivity index (χ3v) is 4.17. The minimum absolute atomic E-state index is 0.398. The second kappa shape index (κ2) is 4.94. The van der Waals surface area contributed by atoms with Crippen LogP contribution in [-0.2, 0) is 7.05 Å². The van der Waals surface area contributed by atoms with Crippen molar-refractivity contribution in [2.24, 2.45) is 18.7 Å². The third-order valence-electron chi connectivity index (χ3n) is 3.93. The standard InChI is InChI=1S/C15H21ClN2/c1-9(2)13(8-17)15-10(3)18(4)14-7-11(16)5-6-12(14)15/h5-7,9,13H,8,17H2,1-4H3. The van der Waals surface area contributed by atoms with Gasteiger partial charge in [0.25, 0.3) is 0 Å². The van der Waals surface area contributed by atoms with Gasteiger partial charge in [0, 0.05) is 34.6 Å². The fraction of sp³-hybridized carbons (Fsp3) is 0.467. The maximum absolute atomic E-state index is 6.09. The van der Waals surface area contributed by atoms with Gasteiger partial charge in [-0.2, -0.15) is 0 Å². The van der Waals surface area contributed by atoms with Gasteiger partial charge in [-0.05, 0) is 37.1 Å². The van der Waals surface area contributed by atoms with E-state index >= 15 is 0 Å². The van der Waals surface area contributed by atoms with Crippen molar-refractivity contribution in [3.05, 3.63) is 34.5 Å². The highest BCUT2D eigenvalue weighted by Crippen LogP contribution is 2.35. The van der Waals surface area contributed by atoms with Gasteiger partial charge < -0.3 is 10.3 Å². The van der Waals surface area contributed by atoms with Crippen LogP contribution in [0.15, 0.2) is 18.2 Å². The van der Waals surface area contributed by atoms with Crippen LogP contribution in [-0.4, -0.2) is 11.1 Å². The van der Waals surface area contributed by atoms with E-state index in [1.807, 2.05) is 12.1 Å². The summed E-state index contributed by atoms with van der Waals surface area (Å²) in [5.74, 6) is 0.935. The molecule has 1 heterocycles. The number of benzene rings is 1. The van der Waals surface area contributed by atoms with E-state index < -0.39 is 0 Å². The van der Waals surface area contributed by atoms with Crippen molar-refractivity contribution in [2.75, 3.05) is 6.54 Å². The SMILES string of the molecule is Cc1c(C(CN)C(C)C)c2ccc(Cl)cc2n1C. The van der Waals surface area contributed by atoms with Gasteiger partial charge in [-0.1, -0.05) is 31.5 Å². The van der Waals surface area contributed by atoms with Gasteiger partial charge in [-0.25, -0.2) is 0 Å². The fourth-order valence-corrected chi connectivity index (χ4v) is 2.92. The molecule has 18 heavy (non-hydrogen) atoms. The Morgan fingerprint density at radius 3 is 2.56 bits per heavy atom. The Balaban J connectivity index is 2.74. The molecule has 2 nitrogen and oxygen atoms in total. The molecule has 0 saturated heterocycles. The van der Waals surface area contributed by atoms with E-state index in [0.717, 1.165) is 5.02 Å². The van der Waals surface area contributed by atoms with Crippen LogP contribution in [0.1, 0.15) is 31.0 Å². The van der Waals surface area contributed by atoms with Crippen LogP contribution >= 0.6 is 11.6 Å². The van der Waals surface area contributed by atoms with Gasteiger partial charge in [-0.15, -0.1) is 0 Å². The molecule has 2 aromatic rings. The molecule has 2 rings (SSSR count). The monoisotopic (exact) mass is 264 g/mol. The molecule has 3 heteroatoms.